The minimum atomic E-state index is -0.689. The highest BCUT2D eigenvalue weighted by Gasteiger charge is 2.43. The Morgan fingerprint density at radius 2 is 2.00 bits per heavy atom. The number of anilines is 2. The van der Waals surface area contributed by atoms with Gasteiger partial charge in [-0.1, -0.05) is 41.4 Å². The van der Waals surface area contributed by atoms with E-state index in [0.29, 0.717) is 28.1 Å². The molecule has 1 aliphatic rings. The van der Waals surface area contributed by atoms with Crippen LogP contribution in [0.15, 0.2) is 61.2 Å². The number of nitrogens with one attached hydrogen (secondary N) is 1. The van der Waals surface area contributed by atoms with Crippen molar-refractivity contribution < 1.29 is 9.59 Å². The van der Waals surface area contributed by atoms with Gasteiger partial charge in [-0.3, -0.25) is 14.5 Å². The standard InChI is InChI=1S/C21H20ClN3O2S/c1-3-11-24-18(13-19(26)23-16-6-4-5-15(22)12-16)20(27)25(21(24)28)17-9-7-14(2)8-10-17/h3-10,12,18H,1,11,13H2,2H3,(H,23,26)/t18-/m1/s1. The molecule has 0 unspecified atom stereocenters. The Morgan fingerprint density at radius 1 is 1.29 bits per heavy atom. The lowest BCUT2D eigenvalue weighted by Crippen LogP contribution is -2.37. The normalized spacial score (nSPS) is 16.4. The number of benzene rings is 2. The van der Waals surface area contributed by atoms with E-state index < -0.39 is 6.04 Å². The summed E-state index contributed by atoms with van der Waals surface area (Å²) >= 11 is 11.5. The molecule has 0 aromatic heterocycles. The monoisotopic (exact) mass is 413 g/mol. The van der Waals surface area contributed by atoms with Crippen LogP contribution in [0.5, 0.6) is 0 Å². The second-order valence-electron chi connectivity index (χ2n) is 6.51. The summed E-state index contributed by atoms with van der Waals surface area (Å²) in [5.74, 6) is -0.514. The van der Waals surface area contributed by atoms with Crippen molar-refractivity contribution in [1.82, 2.24) is 4.90 Å². The van der Waals surface area contributed by atoms with Crippen LogP contribution in [0, 0.1) is 6.92 Å². The first kappa shape index (κ1) is 20.0. The molecule has 2 aromatic rings. The topological polar surface area (TPSA) is 52.7 Å². The van der Waals surface area contributed by atoms with Crippen LogP contribution in [0.1, 0.15) is 12.0 Å². The van der Waals surface area contributed by atoms with Crippen LogP contribution in [-0.4, -0.2) is 34.4 Å². The van der Waals surface area contributed by atoms with Crippen molar-refractivity contribution in [3.05, 3.63) is 71.8 Å². The van der Waals surface area contributed by atoms with Crippen LogP contribution in [0.3, 0.4) is 0 Å². The maximum absolute atomic E-state index is 13.1. The molecule has 7 heteroatoms. The number of carbonyl (C=O) groups is 2. The van der Waals surface area contributed by atoms with Crippen molar-refractivity contribution in [2.75, 3.05) is 16.8 Å². The maximum Gasteiger partial charge on any atom is 0.256 e. The van der Waals surface area contributed by atoms with Crippen molar-refractivity contribution in [2.45, 2.75) is 19.4 Å². The van der Waals surface area contributed by atoms with Crippen molar-refractivity contribution in [3.63, 3.8) is 0 Å². The molecule has 2 aromatic carbocycles. The molecule has 1 atom stereocenters. The van der Waals surface area contributed by atoms with E-state index in [-0.39, 0.29) is 18.2 Å². The lowest BCUT2D eigenvalue weighted by Gasteiger charge is -2.22. The number of nitrogens with zero attached hydrogens (tertiary/aromatic N) is 2. The van der Waals surface area contributed by atoms with E-state index in [1.807, 2.05) is 31.2 Å². The van der Waals surface area contributed by atoms with E-state index in [1.54, 1.807) is 35.2 Å². The summed E-state index contributed by atoms with van der Waals surface area (Å²) in [5, 5.41) is 3.67. The van der Waals surface area contributed by atoms with Gasteiger partial charge in [-0.15, -0.1) is 6.58 Å². The number of rotatable bonds is 6. The number of aryl methyl sites for hydroxylation is 1. The van der Waals surface area contributed by atoms with Gasteiger partial charge in [0.25, 0.3) is 5.91 Å². The van der Waals surface area contributed by atoms with Gasteiger partial charge in [-0.2, -0.15) is 0 Å². The second kappa shape index (κ2) is 8.54. The SMILES string of the molecule is C=CCN1C(=S)N(c2ccc(C)cc2)C(=O)[C@H]1CC(=O)Nc1cccc(Cl)c1. The molecular formula is C21H20ClN3O2S. The van der Waals surface area contributed by atoms with Gasteiger partial charge in [-0.25, -0.2) is 0 Å². The van der Waals surface area contributed by atoms with E-state index in [4.69, 9.17) is 23.8 Å². The van der Waals surface area contributed by atoms with Crippen molar-refractivity contribution >= 4 is 52.1 Å². The molecule has 1 aliphatic heterocycles. The van der Waals surface area contributed by atoms with Crippen LogP contribution >= 0.6 is 23.8 Å². The van der Waals surface area contributed by atoms with Gasteiger partial charge in [0.05, 0.1) is 12.1 Å². The van der Waals surface area contributed by atoms with Gasteiger partial charge >= 0.3 is 0 Å². The van der Waals surface area contributed by atoms with Gasteiger partial charge in [-0.05, 0) is 49.5 Å². The molecule has 0 aliphatic carbocycles. The molecule has 0 bridgehead atoms. The quantitative estimate of drug-likeness (QED) is 0.570. The third kappa shape index (κ3) is 4.24. The van der Waals surface area contributed by atoms with Crippen LogP contribution in [0.4, 0.5) is 11.4 Å². The fourth-order valence-electron chi connectivity index (χ4n) is 3.07. The average Bonchev–Trinajstić information content (AvgIpc) is 2.87. The van der Waals surface area contributed by atoms with E-state index in [2.05, 4.69) is 11.9 Å². The predicted molar refractivity (Wildman–Crippen MR) is 117 cm³/mol. The summed E-state index contributed by atoms with van der Waals surface area (Å²) in [7, 11) is 0. The molecule has 2 amide bonds. The second-order valence-corrected chi connectivity index (χ2v) is 7.31. The molecule has 144 valence electrons. The Balaban J connectivity index is 1.80. The third-order valence-corrected chi connectivity index (χ3v) is 5.08. The van der Waals surface area contributed by atoms with Gasteiger partial charge in [0.15, 0.2) is 5.11 Å². The largest absolute Gasteiger partial charge is 0.332 e. The first-order chi connectivity index (χ1) is 13.4. The van der Waals surface area contributed by atoms with Gasteiger partial charge in [0.2, 0.25) is 5.91 Å². The minimum Gasteiger partial charge on any atom is -0.332 e. The molecule has 5 nitrogen and oxygen atoms in total. The van der Waals surface area contributed by atoms with Crippen LogP contribution in [-0.2, 0) is 9.59 Å². The minimum absolute atomic E-state index is 0.0261. The Labute approximate surface area is 174 Å². The summed E-state index contributed by atoms with van der Waals surface area (Å²) < 4.78 is 0. The molecule has 1 heterocycles. The number of halogens is 1. The van der Waals surface area contributed by atoms with E-state index in [1.165, 1.54) is 4.90 Å². The molecule has 28 heavy (non-hydrogen) atoms. The fourth-order valence-corrected chi connectivity index (χ4v) is 3.65. The number of hydrogen-bond acceptors (Lipinski definition) is 3. The van der Waals surface area contributed by atoms with Crippen molar-refractivity contribution in [1.29, 1.82) is 0 Å². The molecule has 0 saturated carbocycles. The van der Waals surface area contributed by atoms with Gasteiger partial charge in [0.1, 0.15) is 6.04 Å². The van der Waals surface area contributed by atoms with Gasteiger partial charge in [0, 0.05) is 17.3 Å². The Kier molecular flexibility index (Phi) is 6.11. The molecule has 0 spiro atoms. The zero-order chi connectivity index (χ0) is 20.3. The maximum atomic E-state index is 13.1. The average molecular weight is 414 g/mol. The highest BCUT2D eigenvalue weighted by atomic mass is 35.5. The van der Waals surface area contributed by atoms with E-state index in [0.717, 1.165) is 5.56 Å². The zero-order valence-electron chi connectivity index (χ0n) is 15.4. The number of carbonyl (C=O) groups excluding carboxylic acids is 2. The summed E-state index contributed by atoms with van der Waals surface area (Å²) in [5.41, 5.74) is 2.35. The lowest BCUT2D eigenvalue weighted by molar-refractivity contribution is -0.124. The fraction of sp³-hybridized carbons (Fsp3) is 0.190. The first-order valence-corrected chi connectivity index (χ1v) is 9.57. The van der Waals surface area contributed by atoms with Crippen LogP contribution in [0.25, 0.3) is 0 Å². The predicted octanol–water partition coefficient (Wildman–Crippen LogP) is 4.17. The van der Waals surface area contributed by atoms with Crippen molar-refractivity contribution in [2.24, 2.45) is 0 Å². The molecule has 1 N–H and O–H groups in total. The summed E-state index contributed by atoms with van der Waals surface area (Å²) in [6.45, 7) is 6.09. The number of amides is 2. The summed E-state index contributed by atoms with van der Waals surface area (Å²) in [6.07, 6.45) is 1.64. The number of thiocarbonyl (C=S) groups is 1. The first-order valence-electron chi connectivity index (χ1n) is 8.78. The Bertz CT molecular complexity index is 930. The van der Waals surface area contributed by atoms with Crippen LogP contribution in [0.2, 0.25) is 5.02 Å². The van der Waals surface area contributed by atoms with Crippen molar-refractivity contribution in [3.8, 4) is 0 Å². The zero-order valence-corrected chi connectivity index (χ0v) is 17.0. The van der Waals surface area contributed by atoms with Gasteiger partial charge < -0.3 is 10.2 Å². The third-order valence-electron chi connectivity index (χ3n) is 4.42. The summed E-state index contributed by atoms with van der Waals surface area (Å²) in [4.78, 5) is 28.8. The highest BCUT2D eigenvalue weighted by molar-refractivity contribution is 7.80. The van der Waals surface area contributed by atoms with E-state index in [9.17, 15) is 9.59 Å². The Hall–Kier alpha value is -2.70. The molecule has 1 fully saturated rings. The van der Waals surface area contributed by atoms with Crippen LogP contribution < -0.4 is 10.2 Å². The smallest absolute Gasteiger partial charge is 0.256 e. The molecule has 0 radical (unpaired) electrons. The molecular weight excluding hydrogens is 394 g/mol. The molecule has 1 saturated heterocycles. The highest BCUT2D eigenvalue weighted by Crippen LogP contribution is 2.27. The summed E-state index contributed by atoms with van der Waals surface area (Å²) in [6, 6.07) is 13.7. The lowest BCUT2D eigenvalue weighted by atomic mass is 10.1. The van der Waals surface area contributed by atoms with E-state index >= 15 is 0 Å². The molecule has 3 rings (SSSR count). The number of hydrogen-bond donors (Lipinski definition) is 1. The Morgan fingerprint density at radius 3 is 2.64 bits per heavy atom.